The Labute approximate surface area is 241 Å². The Morgan fingerprint density at radius 1 is 0.902 bits per heavy atom. The highest BCUT2D eigenvalue weighted by Crippen LogP contribution is 2.30. The average molecular weight is 590 g/mol. The molecule has 1 fully saturated rings. The van der Waals surface area contributed by atoms with Crippen LogP contribution in [0, 0.1) is 5.92 Å². The molecule has 11 nitrogen and oxygen atoms in total. The van der Waals surface area contributed by atoms with Crippen LogP contribution in [0.3, 0.4) is 0 Å². The molecule has 2 amide bonds. The maximum Gasteiger partial charge on any atom is 0.408 e. The molecule has 2 aromatic carbocycles. The van der Waals surface area contributed by atoms with Crippen LogP contribution in [0.2, 0.25) is 0 Å². The molecule has 41 heavy (non-hydrogen) atoms. The number of esters is 1. The van der Waals surface area contributed by atoms with Crippen molar-refractivity contribution in [2.24, 2.45) is 5.92 Å². The number of methoxy groups -OCH3 is 2. The minimum absolute atomic E-state index is 0.0213. The Balaban J connectivity index is 1.76. The smallest absolute Gasteiger partial charge is 0.408 e. The van der Waals surface area contributed by atoms with Crippen LogP contribution in [0.25, 0.3) is 11.1 Å². The quantitative estimate of drug-likeness (QED) is 0.313. The van der Waals surface area contributed by atoms with Gasteiger partial charge in [-0.05, 0) is 87.8 Å². The molecule has 0 heterocycles. The normalized spacial score (nSPS) is 17.3. The molecular weight excluding hydrogens is 550 g/mol. The van der Waals surface area contributed by atoms with E-state index >= 15 is 0 Å². The fourth-order valence-corrected chi connectivity index (χ4v) is 5.70. The third-order valence-electron chi connectivity index (χ3n) is 6.72. The Kier molecular flexibility index (Phi) is 10.7. The zero-order valence-electron chi connectivity index (χ0n) is 24.1. The van der Waals surface area contributed by atoms with E-state index in [1.165, 1.54) is 19.2 Å². The minimum Gasteiger partial charge on any atom is -0.497 e. The predicted molar refractivity (Wildman–Crippen MR) is 152 cm³/mol. The van der Waals surface area contributed by atoms with Crippen LogP contribution in [0.5, 0.6) is 5.75 Å². The van der Waals surface area contributed by atoms with Crippen LogP contribution in [-0.2, 0) is 29.1 Å². The lowest BCUT2D eigenvalue weighted by atomic mass is 9.84. The van der Waals surface area contributed by atoms with E-state index in [1.54, 1.807) is 40.0 Å². The van der Waals surface area contributed by atoms with Crippen molar-refractivity contribution in [1.29, 1.82) is 0 Å². The monoisotopic (exact) mass is 589 g/mol. The van der Waals surface area contributed by atoms with Crippen LogP contribution in [0.4, 0.5) is 4.79 Å². The third kappa shape index (κ3) is 9.46. The number of hydrogen-bond donors (Lipinski definition) is 2. The molecule has 1 aliphatic carbocycles. The molecule has 3 rings (SSSR count). The SMILES string of the molecule is COC(=O)CC1CCC(N(NS(=O)(=O)c2ccc(-c3ccc(OC)cc3)cc2)C(=O)CNC(=O)OC(C)(C)C)CC1. The van der Waals surface area contributed by atoms with Gasteiger partial charge in [-0.15, -0.1) is 4.83 Å². The fourth-order valence-electron chi connectivity index (χ4n) is 4.59. The third-order valence-corrected chi connectivity index (χ3v) is 8.05. The van der Waals surface area contributed by atoms with E-state index in [4.69, 9.17) is 14.2 Å². The highest BCUT2D eigenvalue weighted by Gasteiger charge is 2.33. The van der Waals surface area contributed by atoms with Gasteiger partial charge in [-0.25, -0.2) is 13.2 Å². The van der Waals surface area contributed by atoms with Crippen molar-refractivity contribution in [1.82, 2.24) is 15.2 Å². The van der Waals surface area contributed by atoms with Gasteiger partial charge in [0.1, 0.15) is 17.9 Å². The van der Waals surface area contributed by atoms with Gasteiger partial charge in [0.05, 0.1) is 19.1 Å². The lowest BCUT2D eigenvalue weighted by Crippen LogP contribution is -2.55. The molecule has 1 saturated carbocycles. The Bertz CT molecular complexity index is 1300. The van der Waals surface area contributed by atoms with Gasteiger partial charge in [0.2, 0.25) is 0 Å². The number of nitrogens with one attached hydrogen (secondary N) is 2. The number of hydrazine groups is 1. The number of alkyl carbamates (subject to hydrolysis) is 1. The van der Waals surface area contributed by atoms with Gasteiger partial charge in [-0.1, -0.05) is 24.3 Å². The Hall–Kier alpha value is -3.64. The summed E-state index contributed by atoms with van der Waals surface area (Å²) in [4.78, 5) is 39.5. The molecule has 0 unspecified atom stereocenters. The number of rotatable bonds is 10. The first-order valence-electron chi connectivity index (χ1n) is 13.4. The molecule has 0 saturated heterocycles. The van der Waals surface area contributed by atoms with Crippen LogP contribution in [0.15, 0.2) is 53.4 Å². The Morgan fingerprint density at radius 3 is 1.98 bits per heavy atom. The number of sulfonamides is 1. The molecule has 2 aromatic rings. The fraction of sp³-hybridized carbons (Fsp3) is 0.483. The van der Waals surface area contributed by atoms with E-state index in [0.717, 1.165) is 16.1 Å². The number of nitrogens with zero attached hydrogens (tertiary/aromatic N) is 1. The number of ether oxygens (including phenoxy) is 3. The molecule has 0 atom stereocenters. The molecule has 0 aliphatic heterocycles. The summed E-state index contributed by atoms with van der Waals surface area (Å²) in [6.45, 7) is 4.63. The Morgan fingerprint density at radius 2 is 1.46 bits per heavy atom. The lowest BCUT2D eigenvalue weighted by molar-refractivity contribution is -0.142. The molecule has 0 spiro atoms. The number of hydrogen-bond acceptors (Lipinski definition) is 8. The van der Waals surface area contributed by atoms with E-state index in [0.29, 0.717) is 31.4 Å². The van der Waals surface area contributed by atoms with E-state index in [1.807, 2.05) is 24.3 Å². The van der Waals surface area contributed by atoms with Crippen LogP contribution in [0.1, 0.15) is 52.9 Å². The van der Waals surface area contributed by atoms with Crippen LogP contribution in [-0.4, -0.2) is 63.8 Å². The lowest BCUT2D eigenvalue weighted by Gasteiger charge is -2.36. The second-order valence-corrected chi connectivity index (χ2v) is 12.6. The zero-order valence-corrected chi connectivity index (χ0v) is 25.0. The van der Waals surface area contributed by atoms with E-state index in [-0.39, 0.29) is 23.2 Å². The van der Waals surface area contributed by atoms with Gasteiger partial charge in [-0.3, -0.25) is 14.6 Å². The molecule has 2 N–H and O–H groups in total. The summed E-state index contributed by atoms with van der Waals surface area (Å²) in [7, 11) is -1.23. The average Bonchev–Trinajstić information content (AvgIpc) is 2.94. The van der Waals surface area contributed by atoms with E-state index in [9.17, 15) is 22.8 Å². The van der Waals surface area contributed by atoms with Crippen molar-refractivity contribution in [2.75, 3.05) is 20.8 Å². The minimum atomic E-state index is -4.15. The summed E-state index contributed by atoms with van der Waals surface area (Å²) in [6, 6.07) is 13.2. The summed E-state index contributed by atoms with van der Waals surface area (Å²) in [5, 5.41) is 3.48. The highest BCUT2D eigenvalue weighted by molar-refractivity contribution is 7.89. The first kappa shape index (κ1) is 31.9. The summed E-state index contributed by atoms with van der Waals surface area (Å²) in [5.74, 6) is -0.146. The standard InChI is InChI=1S/C29H39N3O8S/c1-29(2,3)40-28(35)30-19-26(33)32(23-12-6-20(7-13-23)18-27(34)39-5)31-41(36,37)25-16-10-22(11-17-25)21-8-14-24(38-4)15-9-21/h8-11,14-17,20,23,31H,6-7,12-13,18-19H2,1-5H3,(H,30,35). The topological polar surface area (TPSA) is 140 Å². The molecule has 1 aliphatic rings. The van der Waals surface area contributed by atoms with Crippen molar-refractivity contribution in [3.63, 3.8) is 0 Å². The summed E-state index contributed by atoms with van der Waals surface area (Å²) >= 11 is 0. The first-order valence-corrected chi connectivity index (χ1v) is 14.9. The maximum absolute atomic E-state index is 13.4. The van der Waals surface area contributed by atoms with Crippen LogP contribution >= 0.6 is 0 Å². The number of carbonyl (C=O) groups is 3. The molecule has 0 aromatic heterocycles. The number of carbonyl (C=O) groups excluding carboxylic acids is 3. The molecule has 0 bridgehead atoms. The van der Waals surface area contributed by atoms with E-state index in [2.05, 4.69) is 10.1 Å². The maximum atomic E-state index is 13.4. The summed E-state index contributed by atoms with van der Waals surface area (Å²) in [5.41, 5.74) is 0.936. The van der Waals surface area contributed by atoms with Gasteiger partial charge in [0.25, 0.3) is 15.9 Å². The van der Waals surface area contributed by atoms with Crippen molar-refractivity contribution in [2.45, 2.75) is 69.4 Å². The van der Waals surface area contributed by atoms with Gasteiger partial charge >= 0.3 is 12.1 Å². The highest BCUT2D eigenvalue weighted by atomic mass is 32.2. The number of amides is 2. The van der Waals surface area contributed by atoms with Gasteiger partial charge in [-0.2, -0.15) is 0 Å². The second kappa shape index (κ2) is 13.8. The van der Waals surface area contributed by atoms with Crippen molar-refractivity contribution in [3.8, 4) is 16.9 Å². The molecule has 0 radical (unpaired) electrons. The zero-order chi connectivity index (χ0) is 30.2. The second-order valence-electron chi connectivity index (χ2n) is 10.9. The largest absolute Gasteiger partial charge is 0.497 e. The van der Waals surface area contributed by atoms with Crippen molar-refractivity contribution < 1.29 is 37.0 Å². The first-order chi connectivity index (χ1) is 19.3. The van der Waals surface area contributed by atoms with Crippen LogP contribution < -0.4 is 14.9 Å². The molecule has 12 heteroatoms. The van der Waals surface area contributed by atoms with Gasteiger partial charge < -0.3 is 19.5 Å². The molecule has 224 valence electrons. The summed E-state index contributed by atoms with van der Waals surface area (Å²) in [6.07, 6.45) is 1.65. The van der Waals surface area contributed by atoms with Gasteiger partial charge in [0, 0.05) is 12.5 Å². The number of benzene rings is 2. The van der Waals surface area contributed by atoms with E-state index < -0.39 is 40.2 Å². The van der Waals surface area contributed by atoms with Crippen molar-refractivity contribution >= 4 is 28.0 Å². The van der Waals surface area contributed by atoms with Gasteiger partial charge in [0.15, 0.2) is 0 Å². The summed E-state index contributed by atoms with van der Waals surface area (Å²) < 4.78 is 41.9. The van der Waals surface area contributed by atoms with Crippen molar-refractivity contribution in [3.05, 3.63) is 48.5 Å². The predicted octanol–water partition coefficient (Wildman–Crippen LogP) is 4.03. The molecular formula is C29H39N3O8S.